The standard InChI is InChI=1S/C7H16NO3P/c1-7(2)6-8-12(9)10-4-3-5-11-12/h7H,3-6H2,1-2H3,(H,8,9). The predicted octanol–water partition coefficient (Wildman–Crippen LogP) is 1.78. The summed E-state index contributed by atoms with van der Waals surface area (Å²) in [7, 11) is -2.92. The van der Waals surface area contributed by atoms with E-state index < -0.39 is 7.75 Å². The molecule has 0 spiro atoms. The van der Waals surface area contributed by atoms with E-state index in [4.69, 9.17) is 9.05 Å². The minimum absolute atomic E-state index is 0.449. The quantitative estimate of drug-likeness (QED) is 0.694. The Morgan fingerprint density at radius 2 is 2.00 bits per heavy atom. The lowest BCUT2D eigenvalue weighted by atomic mass is 10.2. The van der Waals surface area contributed by atoms with E-state index in [1.165, 1.54) is 0 Å². The van der Waals surface area contributed by atoms with Crippen LogP contribution in [0.25, 0.3) is 0 Å². The van der Waals surface area contributed by atoms with Crippen molar-refractivity contribution >= 4 is 7.75 Å². The molecule has 1 fully saturated rings. The third kappa shape index (κ3) is 3.23. The molecule has 1 N–H and O–H groups in total. The third-order valence-electron chi connectivity index (χ3n) is 1.50. The maximum atomic E-state index is 11.6. The Bertz CT molecular complexity index is 173. The highest BCUT2D eigenvalue weighted by Gasteiger charge is 2.27. The summed E-state index contributed by atoms with van der Waals surface area (Å²) in [6.07, 6.45) is 0.827. The summed E-state index contributed by atoms with van der Waals surface area (Å²) < 4.78 is 21.7. The highest BCUT2D eigenvalue weighted by molar-refractivity contribution is 7.51. The Kier molecular flexibility index (Phi) is 3.72. The number of rotatable bonds is 3. The maximum absolute atomic E-state index is 11.6. The molecule has 12 heavy (non-hydrogen) atoms. The lowest BCUT2D eigenvalue weighted by Gasteiger charge is -2.23. The molecule has 0 saturated carbocycles. The molecule has 0 aromatic carbocycles. The van der Waals surface area contributed by atoms with Crippen molar-refractivity contribution in [1.29, 1.82) is 0 Å². The van der Waals surface area contributed by atoms with Gasteiger partial charge in [0, 0.05) is 6.54 Å². The zero-order valence-electron chi connectivity index (χ0n) is 7.58. The second-order valence-corrected chi connectivity index (χ2v) is 5.10. The molecule has 0 bridgehead atoms. The first kappa shape index (κ1) is 10.2. The summed E-state index contributed by atoms with van der Waals surface area (Å²) in [4.78, 5) is 0. The molecule has 0 aliphatic carbocycles. The predicted molar refractivity (Wildman–Crippen MR) is 47.0 cm³/mol. The van der Waals surface area contributed by atoms with Crippen molar-refractivity contribution in [2.45, 2.75) is 20.3 Å². The molecule has 0 atom stereocenters. The van der Waals surface area contributed by atoms with Gasteiger partial charge < -0.3 is 0 Å². The van der Waals surface area contributed by atoms with Crippen LogP contribution in [0, 0.1) is 5.92 Å². The minimum Gasteiger partial charge on any atom is -0.297 e. The van der Waals surface area contributed by atoms with E-state index >= 15 is 0 Å². The van der Waals surface area contributed by atoms with E-state index in [9.17, 15) is 4.57 Å². The van der Waals surface area contributed by atoms with Crippen molar-refractivity contribution in [3.05, 3.63) is 0 Å². The van der Waals surface area contributed by atoms with Gasteiger partial charge in [-0.25, -0.2) is 9.65 Å². The molecule has 1 heterocycles. The van der Waals surface area contributed by atoms with Crippen molar-refractivity contribution in [1.82, 2.24) is 5.09 Å². The van der Waals surface area contributed by atoms with Crippen molar-refractivity contribution in [2.75, 3.05) is 19.8 Å². The molecule has 0 unspecified atom stereocenters. The van der Waals surface area contributed by atoms with Crippen LogP contribution in [0.4, 0.5) is 0 Å². The van der Waals surface area contributed by atoms with Crippen LogP contribution in [-0.4, -0.2) is 19.8 Å². The van der Waals surface area contributed by atoms with E-state index in [1.54, 1.807) is 0 Å². The van der Waals surface area contributed by atoms with Crippen LogP contribution in [0.3, 0.4) is 0 Å². The van der Waals surface area contributed by atoms with E-state index in [0.717, 1.165) is 6.42 Å². The van der Waals surface area contributed by atoms with Crippen LogP contribution >= 0.6 is 7.75 Å². The Balaban J connectivity index is 2.32. The molecular weight excluding hydrogens is 177 g/mol. The maximum Gasteiger partial charge on any atom is 0.405 e. The summed E-state index contributed by atoms with van der Waals surface area (Å²) in [5.41, 5.74) is 0. The fraction of sp³-hybridized carbons (Fsp3) is 1.00. The molecule has 1 rings (SSSR count). The first-order chi connectivity index (χ1) is 5.62. The highest BCUT2D eigenvalue weighted by atomic mass is 31.2. The Hall–Kier alpha value is 0.110. The van der Waals surface area contributed by atoms with Gasteiger partial charge in [0.1, 0.15) is 0 Å². The fourth-order valence-corrected chi connectivity index (χ4v) is 2.44. The van der Waals surface area contributed by atoms with Gasteiger partial charge in [-0.3, -0.25) is 9.05 Å². The first-order valence-corrected chi connectivity index (χ1v) is 5.81. The molecule has 4 nitrogen and oxygen atoms in total. The van der Waals surface area contributed by atoms with Gasteiger partial charge in [0.15, 0.2) is 0 Å². The second kappa shape index (κ2) is 4.38. The molecule has 0 aromatic rings. The molecule has 0 radical (unpaired) electrons. The topological polar surface area (TPSA) is 47.6 Å². The largest absolute Gasteiger partial charge is 0.405 e. The lowest BCUT2D eigenvalue weighted by Crippen LogP contribution is -2.23. The number of nitrogens with one attached hydrogen (secondary N) is 1. The molecule has 0 aromatic heterocycles. The smallest absolute Gasteiger partial charge is 0.297 e. The van der Waals surface area contributed by atoms with Gasteiger partial charge in [-0.05, 0) is 12.3 Å². The number of hydrogen-bond acceptors (Lipinski definition) is 3. The average Bonchev–Trinajstić information content (AvgIpc) is 2.03. The van der Waals surface area contributed by atoms with Gasteiger partial charge in [-0.1, -0.05) is 13.8 Å². The SMILES string of the molecule is CC(C)CNP1(=O)OCCCO1. The monoisotopic (exact) mass is 193 g/mol. The van der Waals surface area contributed by atoms with Crippen molar-refractivity contribution in [3.63, 3.8) is 0 Å². The zero-order chi connectivity index (χ0) is 9.03. The van der Waals surface area contributed by atoms with Crippen LogP contribution in [0.15, 0.2) is 0 Å². The molecule has 1 saturated heterocycles. The third-order valence-corrected chi connectivity index (χ3v) is 3.12. The summed E-state index contributed by atoms with van der Waals surface area (Å²) in [5.74, 6) is 0.449. The van der Waals surface area contributed by atoms with Crippen molar-refractivity contribution in [2.24, 2.45) is 5.92 Å². The zero-order valence-corrected chi connectivity index (χ0v) is 8.47. The van der Waals surface area contributed by atoms with Crippen LogP contribution in [0.2, 0.25) is 0 Å². The van der Waals surface area contributed by atoms with Crippen LogP contribution in [0.5, 0.6) is 0 Å². The summed E-state index contributed by atoms with van der Waals surface area (Å²) in [5, 5.41) is 2.81. The second-order valence-electron chi connectivity index (χ2n) is 3.27. The van der Waals surface area contributed by atoms with E-state index in [2.05, 4.69) is 5.09 Å². The van der Waals surface area contributed by atoms with Gasteiger partial charge in [-0.2, -0.15) is 0 Å². The van der Waals surface area contributed by atoms with E-state index in [1.807, 2.05) is 13.8 Å². The Morgan fingerprint density at radius 3 is 2.50 bits per heavy atom. The summed E-state index contributed by atoms with van der Waals surface area (Å²) >= 11 is 0. The Labute approximate surface area is 73.2 Å². The van der Waals surface area contributed by atoms with Gasteiger partial charge in [0.05, 0.1) is 13.2 Å². The van der Waals surface area contributed by atoms with E-state index in [0.29, 0.717) is 25.7 Å². The molecule has 5 heteroatoms. The molecule has 72 valence electrons. The highest BCUT2D eigenvalue weighted by Crippen LogP contribution is 2.46. The molecular formula is C7H16NO3P. The normalized spacial score (nSPS) is 22.9. The van der Waals surface area contributed by atoms with Gasteiger partial charge in [0.25, 0.3) is 0 Å². The van der Waals surface area contributed by atoms with Crippen LogP contribution in [-0.2, 0) is 13.6 Å². The van der Waals surface area contributed by atoms with Gasteiger partial charge in [-0.15, -0.1) is 0 Å². The van der Waals surface area contributed by atoms with Crippen molar-refractivity contribution < 1.29 is 13.6 Å². The van der Waals surface area contributed by atoms with Crippen LogP contribution < -0.4 is 5.09 Å². The van der Waals surface area contributed by atoms with Crippen LogP contribution in [0.1, 0.15) is 20.3 Å². The molecule has 0 amide bonds. The van der Waals surface area contributed by atoms with Gasteiger partial charge in [0.2, 0.25) is 0 Å². The lowest BCUT2D eigenvalue weighted by molar-refractivity contribution is 0.138. The minimum atomic E-state index is -2.92. The summed E-state index contributed by atoms with van der Waals surface area (Å²) in [6, 6.07) is 0. The van der Waals surface area contributed by atoms with Crippen molar-refractivity contribution in [3.8, 4) is 0 Å². The molecule has 1 aliphatic rings. The first-order valence-electron chi connectivity index (χ1n) is 4.27. The Morgan fingerprint density at radius 1 is 1.42 bits per heavy atom. The number of hydrogen-bond donors (Lipinski definition) is 1. The molecule has 1 aliphatic heterocycles. The summed E-state index contributed by atoms with van der Waals surface area (Å²) in [6.45, 7) is 5.81. The van der Waals surface area contributed by atoms with E-state index in [-0.39, 0.29) is 0 Å². The average molecular weight is 193 g/mol. The fourth-order valence-electron chi connectivity index (χ4n) is 0.851. The van der Waals surface area contributed by atoms with Gasteiger partial charge >= 0.3 is 7.75 Å².